The molecule has 2 aromatic carbocycles. The molecule has 29 heavy (non-hydrogen) atoms. The van der Waals surface area contributed by atoms with Crippen LogP contribution in [0.4, 0.5) is 5.95 Å². The van der Waals surface area contributed by atoms with E-state index in [9.17, 15) is 5.11 Å². The first kappa shape index (κ1) is 21.8. The summed E-state index contributed by atoms with van der Waals surface area (Å²) >= 11 is 12.3. The number of hydrogen-bond acceptors (Lipinski definition) is 4. The van der Waals surface area contributed by atoms with Crippen LogP contribution in [0.15, 0.2) is 60.9 Å². The van der Waals surface area contributed by atoms with Crippen molar-refractivity contribution in [2.75, 3.05) is 18.6 Å². The Labute approximate surface area is 190 Å². The molecule has 1 aromatic heterocycles. The summed E-state index contributed by atoms with van der Waals surface area (Å²) in [4.78, 5) is 6.40. The lowest BCUT2D eigenvalue weighted by molar-refractivity contribution is -0.685. The van der Waals surface area contributed by atoms with Gasteiger partial charge in [-0.25, -0.2) is 9.47 Å². The van der Waals surface area contributed by atoms with Gasteiger partial charge in [-0.15, -0.1) is 0 Å². The smallest absolute Gasteiger partial charge is 0.396 e. The van der Waals surface area contributed by atoms with Gasteiger partial charge in [0, 0.05) is 18.1 Å². The molecule has 0 saturated heterocycles. The average Bonchev–Trinajstić information content (AvgIpc) is 3.01. The number of nitrogens with zero attached hydrogens (tertiary/aromatic N) is 3. The third kappa shape index (κ3) is 4.21. The lowest BCUT2D eigenvalue weighted by Gasteiger charge is -2.28. The summed E-state index contributed by atoms with van der Waals surface area (Å²) in [5.74, 6) is 1.52. The molecule has 1 N–H and O–H groups in total. The monoisotopic (exact) mass is 495 g/mol. The number of benzene rings is 2. The third-order valence-corrected chi connectivity index (χ3v) is 5.76. The Bertz CT molecular complexity index is 1020. The highest BCUT2D eigenvalue weighted by Crippen LogP contribution is 2.36. The maximum atomic E-state index is 11.7. The molecule has 1 unspecified atom stereocenters. The molecule has 1 atom stereocenters. The fraction of sp³-hybridized carbons (Fsp3) is 0.238. The molecule has 0 aliphatic carbocycles. The standard InChI is InChI=1S/C21H20Cl2N3O2.BrH/c1-28-17-5-2-4-15(12-17)8-11-26-20-24-9-3-10-25(20)14-21(26,27)16-6-7-18(22)19(23)13-16;/h2-7,9-10,12-13,27H,8,11,14H2,1H3;1H/q+1;/p-1. The van der Waals surface area contributed by atoms with Crippen LogP contribution in [0.5, 0.6) is 5.75 Å². The van der Waals surface area contributed by atoms with Gasteiger partial charge in [-0.3, -0.25) is 0 Å². The largest absolute Gasteiger partial charge is 1.00 e. The van der Waals surface area contributed by atoms with E-state index < -0.39 is 5.72 Å². The summed E-state index contributed by atoms with van der Waals surface area (Å²) < 4.78 is 7.25. The van der Waals surface area contributed by atoms with Crippen molar-refractivity contribution in [1.82, 2.24) is 4.98 Å². The lowest BCUT2D eigenvalue weighted by atomic mass is 10.0. The first-order valence-electron chi connectivity index (χ1n) is 8.94. The van der Waals surface area contributed by atoms with Crippen molar-refractivity contribution in [1.29, 1.82) is 0 Å². The fourth-order valence-electron chi connectivity index (χ4n) is 3.58. The number of anilines is 1. The highest BCUT2D eigenvalue weighted by Gasteiger charge is 2.51. The molecular weight excluding hydrogens is 477 g/mol. The van der Waals surface area contributed by atoms with E-state index in [4.69, 9.17) is 27.9 Å². The number of ether oxygens (including phenoxy) is 1. The van der Waals surface area contributed by atoms with Crippen LogP contribution >= 0.6 is 23.2 Å². The molecule has 0 saturated carbocycles. The fourth-order valence-corrected chi connectivity index (χ4v) is 3.87. The minimum atomic E-state index is -1.27. The van der Waals surface area contributed by atoms with Gasteiger partial charge < -0.3 is 26.8 Å². The van der Waals surface area contributed by atoms with Crippen LogP contribution in [0.3, 0.4) is 0 Å². The van der Waals surface area contributed by atoms with Gasteiger partial charge in [0.05, 0.1) is 29.9 Å². The number of fused-ring (bicyclic) bond motifs is 1. The van der Waals surface area contributed by atoms with Gasteiger partial charge in [0.15, 0.2) is 0 Å². The molecule has 1 aliphatic heterocycles. The Morgan fingerprint density at radius 1 is 1.17 bits per heavy atom. The van der Waals surface area contributed by atoms with Gasteiger partial charge in [0.25, 0.3) is 0 Å². The van der Waals surface area contributed by atoms with Crippen molar-refractivity contribution < 1.29 is 31.4 Å². The second-order valence-electron chi connectivity index (χ2n) is 6.75. The zero-order valence-corrected chi connectivity index (χ0v) is 18.8. The molecule has 2 heterocycles. The predicted octanol–water partition coefficient (Wildman–Crippen LogP) is 0.596. The summed E-state index contributed by atoms with van der Waals surface area (Å²) in [7, 11) is 1.65. The minimum absolute atomic E-state index is 0. The molecule has 1 aliphatic rings. The SMILES string of the molecule is COc1cccc(CCN2c3nccc[n+]3CC2(O)c2ccc(Cl)c(Cl)c2)c1.[Br-]. The maximum Gasteiger partial charge on any atom is 0.396 e. The Morgan fingerprint density at radius 2 is 2.00 bits per heavy atom. The Hall–Kier alpha value is -1.86. The Morgan fingerprint density at radius 3 is 2.76 bits per heavy atom. The minimum Gasteiger partial charge on any atom is -1.00 e. The van der Waals surface area contributed by atoms with E-state index in [1.54, 1.807) is 31.5 Å². The molecule has 4 rings (SSSR count). The summed E-state index contributed by atoms with van der Waals surface area (Å²) in [6, 6.07) is 15.0. The molecule has 0 amide bonds. The maximum absolute atomic E-state index is 11.7. The zero-order chi connectivity index (χ0) is 19.7. The predicted molar refractivity (Wildman–Crippen MR) is 109 cm³/mol. The van der Waals surface area contributed by atoms with Crippen LogP contribution in [0, 0.1) is 0 Å². The molecule has 0 spiro atoms. The van der Waals surface area contributed by atoms with Crippen LogP contribution in [0.25, 0.3) is 0 Å². The summed E-state index contributed by atoms with van der Waals surface area (Å²) in [6.07, 6.45) is 4.36. The van der Waals surface area contributed by atoms with Gasteiger partial charge in [-0.2, -0.15) is 0 Å². The Balaban J connectivity index is 0.00000240. The van der Waals surface area contributed by atoms with Crippen LogP contribution in [0.2, 0.25) is 10.0 Å². The van der Waals surface area contributed by atoms with Crippen molar-refractivity contribution >= 4 is 29.2 Å². The second-order valence-corrected chi connectivity index (χ2v) is 7.56. The number of aliphatic hydroxyl groups is 1. The van der Waals surface area contributed by atoms with Gasteiger partial charge >= 0.3 is 5.95 Å². The van der Waals surface area contributed by atoms with E-state index in [1.807, 2.05) is 46.0 Å². The van der Waals surface area contributed by atoms with Crippen molar-refractivity contribution in [2.24, 2.45) is 0 Å². The summed E-state index contributed by atoms with van der Waals surface area (Å²) in [5.41, 5.74) is 0.525. The molecule has 0 bridgehead atoms. The van der Waals surface area contributed by atoms with Crippen LogP contribution in [-0.4, -0.2) is 23.7 Å². The molecule has 152 valence electrons. The third-order valence-electron chi connectivity index (χ3n) is 5.02. The average molecular weight is 497 g/mol. The van der Waals surface area contributed by atoms with Crippen molar-refractivity contribution in [3.8, 4) is 5.75 Å². The first-order valence-corrected chi connectivity index (χ1v) is 9.70. The van der Waals surface area contributed by atoms with Crippen molar-refractivity contribution in [3.05, 3.63) is 82.1 Å². The van der Waals surface area contributed by atoms with E-state index >= 15 is 0 Å². The van der Waals surface area contributed by atoms with Gasteiger partial charge in [0.2, 0.25) is 5.72 Å². The highest BCUT2D eigenvalue weighted by atomic mass is 79.9. The van der Waals surface area contributed by atoms with E-state index in [0.717, 1.165) is 17.7 Å². The van der Waals surface area contributed by atoms with Gasteiger partial charge in [-0.1, -0.05) is 46.4 Å². The number of rotatable bonds is 5. The lowest BCUT2D eigenvalue weighted by Crippen LogP contribution is -3.00. The van der Waals surface area contributed by atoms with Gasteiger partial charge in [0.1, 0.15) is 18.5 Å². The molecule has 0 fully saturated rings. The highest BCUT2D eigenvalue weighted by molar-refractivity contribution is 6.42. The van der Waals surface area contributed by atoms with Crippen LogP contribution in [0.1, 0.15) is 11.1 Å². The van der Waals surface area contributed by atoms with Gasteiger partial charge in [-0.05, 0) is 29.8 Å². The first-order chi connectivity index (χ1) is 13.5. The number of methoxy groups -OCH3 is 1. The van der Waals surface area contributed by atoms with Crippen LogP contribution in [-0.2, 0) is 18.7 Å². The summed E-state index contributed by atoms with van der Waals surface area (Å²) in [5, 5.41) is 12.5. The topological polar surface area (TPSA) is 49.5 Å². The molecular formula is C21H20BrCl2N3O2. The van der Waals surface area contributed by atoms with Crippen molar-refractivity contribution in [2.45, 2.75) is 18.7 Å². The number of aromatic nitrogens is 2. The molecule has 0 radical (unpaired) electrons. The van der Waals surface area contributed by atoms with Crippen molar-refractivity contribution in [3.63, 3.8) is 0 Å². The van der Waals surface area contributed by atoms with Crippen LogP contribution < -0.4 is 31.2 Å². The number of halogens is 3. The second kappa shape index (κ2) is 8.88. The number of hydrogen-bond donors (Lipinski definition) is 1. The van der Waals surface area contributed by atoms with E-state index in [2.05, 4.69) is 4.98 Å². The molecule has 5 nitrogen and oxygen atoms in total. The zero-order valence-electron chi connectivity index (χ0n) is 15.7. The van der Waals surface area contributed by atoms with E-state index in [1.165, 1.54) is 0 Å². The normalized spacial score (nSPS) is 17.6. The van der Waals surface area contributed by atoms with E-state index in [0.29, 0.717) is 34.6 Å². The Kier molecular flexibility index (Phi) is 6.69. The van der Waals surface area contributed by atoms with E-state index in [-0.39, 0.29) is 17.0 Å². The molecule has 8 heteroatoms. The summed E-state index contributed by atoms with van der Waals surface area (Å²) in [6.45, 7) is 0.924. The molecule has 3 aromatic rings. The quantitative estimate of drug-likeness (QED) is 0.525.